The van der Waals surface area contributed by atoms with Gasteiger partial charge in [-0.15, -0.1) is 0 Å². The number of hydrogen-bond donors (Lipinski definition) is 0. The van der Waals surface area contributed by atoms with E-state index >= 15 is 0 Å². The van der Waals surface area contributed by atoms with Crippen LogP contribution in [0.5, 0.6) is 0 Å². The van der Waals surface area contributed by atoms with E-state index in [0.29, 0.717) is 23.5 Å². The Kier molecular flexibility index (Phi) is 4.52. The molecule has 0 radical (unpaired) electrons. The highest BCUT2D eigenvalue weighted by Crippen LogP contribution is 2.34. The zero-order valence-electron chi connectivity index (χ0n) is 14.2. The van der Waals surface area contributed by atoms with E-state index in [4.69, 9.17) is 0 Å². The number of piperidine rings is 1. The van der Waals surface area contributed by atoms with Gasteiger partial charge < -0.3 is 4.90 Å². The molecule has 1 aromatic heterocycles. The molecule has 3 aliphatic rings. The van der Waals surface area contributed by atoms with Crippen LogP contribution in [0, 0.1) is 11.8 Å². The number of likely N-dealkylation sites (tertiary alicyclic amines) is 1. The Bertz CT molecular complexity index is 650. The first-order chi connectivity index (χ1) is 11.6. The van der Waals surface area contributed by atoms with Crippen molar-refractivity contribution in [1.82, 2.24) is 9.88 Å². The van der Waals surface area contributed by atoms with Gasteiger partial charge in [-0.05, 0) is 56.2 Å². The summed E-state index contributed by atoms with van der Waals surface area (Å²) in [6, 6.07) is 6.74. The second-order valence-electron chi connectivity index (χ2n) is 7.63. The van der Waals surface area contributed by atoms with Crippen LogP contribution in [0.3, 0.4) is 0 Å². The fourth-order valence-corrected chi connectivity index (χ4v) is 6.25. The van der Waals surface area contributed by atoms with Crippen LogP contribution in [0.25, 0.3) is 0 Å². The Morgan fingerprint density at radius 1 is 1.08 bits per heavy atom. The molecule has 1 aromatic rings. The number of sulfone groups is 1. The molecule has 2 unspecified atom stereocenters. The van der Waals surface area contributed by atoms with Gasteiger partial charge in [0.15, 0.2) is 0 Å². The normalized spacial score (nSPS) is 31.1. The SMILES string of the molecule is O=S1(=O)CCC(CN2CCC3CCN(c4ccccn4)CC32)CC1. The van der Waals surface area contributed by atoms with Crippen molar-refractivity contribution in [1.29, 1.82) is 0 Å². The van der Waals surface area contributed by atoms with E-state index in [-0.39, 0.29) is 0 Å². The summed E-state index contributed by atoms with van der Waals surface area (Å²) in [6.45, 7) is 4.42. The summed E-state index contributed by atoms with van der Waals surface area (Å²) in [5, 5.41) is 0. The summed E-state index contributed by atoms with van der Waals surface area (Å²) in [7, 11) is -2.75. The van der Waals surface area contributed by atoms with E-state index in [9.17, 15) is 8.42 Å². The zero-order valence-corrected chi connectivity index (χ0v) is 15.0. The maximum Gasteiger partial charge on any atom is 0.150 e. The number of hydrogen-bond acceptors (Lipinski definition) is 5. The summed E-state index contributed by atoms with van der Waals surface area (Å²) in [4.78, 5) is 9.58. The van der Waals surface area contributed by atoms with Gasteiger partial charge in [0.25, 0.3) is 0 Å². The molecule has 3 aliphatic heterocycles. The molecular formula is C18H27N3O2S. The topological polar surface area (TPSA) is 53.5 Å². The van der Waals surface area contributed by atoms with E-state index in [2.05, 4.69) is 26.9 Å². The summed E-state index contributed by atoms with van der Waals surface area (Å²) in [5.41, 5.74) is 0. The lowest BCUT2D eigenvalue weighted by atomic mass is 9.91. The Morgan fingerprint density at radius 2 is 1.88 bits per heavy atom. The van der Waals surface area contributed by atoms with Crippen LogP contribution in [-0.4, -0.2) is 62.0 Å². The molecule has 0 aromatic carbocycles. The average Bonchev–Trinajstić information content (AvgIpc) is 3.00. The molecule has 24 heavy (non-hydrogen) atoms. The minimum absolute atomic E-state index is 0.389. The van der Waals surface area contributed by atoms with E-state index in [1.165, 1.54) is 19.4 Å². The van der Waals surface area contributed by atoms with Crippen molar-refractivity contribution < 1.29 is 8.42 Å². The van der Waals surface area contributed by atoms with Crippen LogP contribution in [0.4, 0.5) is 5.82 Å². The van der Waals surface area contributed by atoms with Gasteiger partial charge in [-0.1, -0.05) is 6.07 Å². The predicted molar refractivity (Wildman–Crippen MR) is 95.9 cm³/mol. The first-order valence-corrected chi connectivity index (χ1v) is 11.0. The van der Waals surface area contributed by atoms with E-state index in [1.807, 2.05) is 12.3 Å². The monoisotopic (exact) mass is 349 g/mol. The van der Waals surface area contributed by atoms with Crippen molar-refractivity contribution >= 4 is 15.7 Å². The molecular weight excluding hydrogens is 322 g/mol. The molecule has 4 heterocycles. The van der Waals surface area contributed by atoms with Gasteiger partial charge in [0.2, 0.25) is 0 Å². The highest BCUT2D eigenvalue weighted by atomic mass is 32.2. The number of nitrogens with zero attached hydrogens (tertiary/aromatic N) is 3. The highest BCUT2D eigenvalue weighted by molar-refractivity contribution is 7.91. The molecule has 3 fully saturated rings. The minimum atomic E-state index is -2.75. The van der Waals surface area contributed by atoms with Crippen LogP contribution in [0.1, 0.15) is 25.7 Å². The first kappa shape index (κ1) is 16.3. The maximum absolute atomic E-state index is 11.6. The summed E-state index contributed by atoms with van der Waals surface area (Å²) < 4.78 is 23.3. The van der Waals surface area contributed by atoms with Crippen molar-refractivity contribution in [3.05, 3.63) is 24.4 Å². The lowest BCUT2D eigenvalue weighted by Gasteiger charge is -2.40. The van der Waals surface area contributed by atoms with Gasteiger partial charge in [-0.2, -0.15) is 0 Å². The van der Waals surface area contributed by atoms with Crippen LogP contribution in [0.2, 0.25) is 0 Å². The van der Waals surface area contributed by atoms with Crippen molar-refractivity contribution in [3.8, 4) is 0 Å². The van der Waals surface area contributed by atoms with E-state index < -0.39 is 9.84 Å². The smallest absolute Gasteiger partial charge is 0.150 e. The largest absolute Gasteiger partial charge is 0.355 e. The molecule has 3 saturated heterocycles. The standard InChI is InChI=1S/C18H27N3O2S/c22-24(23)11-6-15(7-12-24)13-20-9-4-16-5-10-21(14-17(16)20)18-3-1-2-8-19-18/h1-3,8,15-17H,4-7,9-14H2. The third-order valence-corrected chi connectivity index (χ3v) is 7.83. The number of pyridine rings is 1. The summed E-state index contributed by atoms with van der Waals surface area (Å²) >= 11 is 0. The maximum atomic E-state index is 11.6. The third-order valence-electron chi connectivity index (χ3n) is 6.12. The Morgan fingerprint density at radius 3 is 2.62 bits per heavy atom. The van der Waals surface area contributed by atoms with Crippen LogP contribution in [0.15, 0.2) is 24.4 Å². The molecule has 0 N–H and O–H groups in total. The molecule has 2 atom stereocenters. The summed E-state index contributed by atoms with van der Waals surface area (Å²) in [6.07, 6.45) is 6.11. The number of anilines is 1. The fraction of sp³-hybridized carbons (Fsp3) is 0.722. The first-order valence-electron chi connectivity index (χ1n) is 9.21. The molecule has 0 spiro atoms. The highest BCUT2D eigenvalue weighted by Gasteiger charge is 2.39. The molecule has 0 amide bonds. The van der Waals surface area contributed by atoms with E-state index in [1.54, 1.807) is 0 Å². The third kappa shape index (κ3) is 3.45. The van der Waals surface area contributed by atoms with Crippen LogP contribution < -0.4 is 4.90 Å². The molecule has 0 saturated carbocycles. The van der Waals surface area contributed by atoms with Crippen LogP contribution >= 0.6 is 0 Å². The van der Waals surface area contributed by atoms with Gasteiger partial charge in [0.1, 0.15) is 15.7 Å². The van der Waals surface area contributed by atoms with Gasteiger partial charge >= 0.3 is 0 Å². The van der Waals surface area contributed by atoms with Gasteiger partial charge in [0, 0.05) is 31.9 Å². The molecule has 132 valence electrons. The molecule has 6 heteroatoms. The second-order valence-corrected chi connectivity index (χ2v) is 9.93. The average molecular weight is 350 g/mol. The fourth-order valence-electron chi connectivity index (χ4n) is 4.66. The van der Waals surface area contributed by atoms with Gasteiger partial charge in [0.05, 0.1) is 11.5 Å². The summed E-state index contributed by atoms with van der Waals surface area (Å²) in [5.74, 6) is 3.22. The number of aromatic nitrogens is 1. The quantitative estimate of drug-likeness (QED) is 0.833. The number of rotatable bonds is 3. The molecule has 5 nitrogen and oxygen atoms in total. The predicted octanol–water partition coefficient (Wildman–Crippen LogP) is 1.81. The van der Waals surface area contributed by atoms with Gasteiger partial charge in [-0.3, -0.25) is 4.90 Å². The van der Waals surface area contributed by atoms with Crippen molar-refractivity contribution in [3.63, 3.8) is 0 Å². The van der Waals surface area contributed by atoms with Crippen molar-refractivity contribution in [2.24, 2.45) is 11.8 Å². The molecule has 4 rings (SSSR count). The molecule has 0 bridgehead atoms. The number of fused-ring (bicyclic) bond motifs is 1. The molecule has 0 aliphatic carbocycles. The van der Waals surface area contributed by atoms with Crippen molar-refractivity contribution in [2.75, 3.05) is 42.6 Å². The second kappa shape index (κ2) is 6.64. The zero-order chi connectivity index (χ0) is 16.6. The van der Waals surface area contributed by atoms with Gasteiger partial charge in [-0.25, -0.2) is 13.4 Å². The minimum Gasteiger partial charge on any atom is -0.355 e. The van der Waals surface area contributed by atoms with E-state index in [0.717, 1.165) is 44.2 Å². The Hall–Kier alpha value is -1.14. The van der Waals surface area contributed by atoms with Crippen molar-refractivity contribution in [2.45, 2.75) is 31.7 Å². The lowest BCUT2D eigenvalue weighted by Crippen LogP contribution is -2.49. The Labute approximate surface area is 145 Å². The lowest BCUT2D eigenvalue weighted by molar-refractivity contribution is 0.175. The van der Waals surface area contributed by atoms with Crippen LogP contribution in [-0.2, 0) is 9.84 Å². The Balaban J connectivity index is 1.39.